The van der Waals surface area contributed by atoms with Crippen molar-refractivity contribution < 1.29 is 24.2 Å². The van der Waals surface area contributed by atoms with Crippen LogP contribution in [0.25, 0.3) is 0 Å². The fourth-order valence-electron chi connectivity index (χ4n) is 8.55. The van der Waals surface area contributed by atoms with Gasteiger partial charge < -0.3 is 19.4 Å². The third-order valence-corrected chi connectivity index (χ3v) is 10.0. The molecule has 162 valence electrons. The Morgan fingerprint density at radius 3 is 2.60 bits per heavy atom. The molecule has 6 rings (SSSR count). The Bertz CT molecular complexity index is 950. The molecule has 30 heavy (non-hydrogen) atoms. The second-order valence-electron chi connectivity index (χ2n) is 10.9. The quantitative estimate of drug-likeness (QED) is 0.685. The summed E-state index contributed by atoms with van der Waals surface area (Å²) in [7, 11) is 0. The maximum absolute atomic E-state index is 13.9. The second kappa shape index (κ2) is 5.84. The third-order valence-electron chi connectivity index (χ3n) is 10.0. The van der Waals surface area contributed by atoms with E-state index < -0.39 is 22.7 Å². The summed E-state index contributed by atoms with van der Waals surface area (Å²) in [5.41, 5.74) is -1.07. The molecule has 1 aromatic rings. The molecule has 5 aliphatic rings. The first-order valence-electron chi connectivity index (χ1n) is 11.4. The van der Waals surface area contributed by atoms with E-state index in [4.69, 9.17) is 9.15 Å². The number of ketones is 1. The minimum Gasteiger partial charge on any atom is -0.431 e. The normalized spacial score (nSPS) is 54.0. The molecule has 0 aromatic carbocycles. The zero-order valence-corrected chi connectivity index (χ0v) is 17.5. The van der Waals surface area contributed by atoms with E-state index in [1.54, 1.807) is 6.07 Å². The minimum atomic E-state index is -1.02. The summed E-state index contributed by atoms with van der Waals surface area (Å²) in [4.78, 5) is 25.3. The summed E-state index contributed by atoms with van der Waals surface area (Å²) < 4.78 is 11.5. The number of rotatable bonds is 1. The largest absolute Gasteiger partial charge is 0.431 e. The van der Waals surface area contributed by atoms with Crippen molar-refractivity contribution in [2.75, 3.05) is 0 Å². The molecular weight excluding hydrogens is 384 g/mol. The molecule has 1 saturated heterocycles. The van der Waals surface area contributed by atoms with Gasteiger partial charge in [-0.25, -0.2) is 4.79 Å². The lowest BCUT2D eigenvalue weighted by atomic mass is 9.43. The van der Waals surface area contributed by atoms with E-state index in [2.05, 4.69) is 6.92 Å². The Balaban J connectivity index is 1.44. The predicted molar refractivity (Wildman–Crippen MR) is 107 cm³/mol. The molecular formula is C24H30O6. The van der Waals surface area contributed by atoms with Crippen molar-refractivity contribution in [2.24, 2.45) is 28.6 Å². The molecule has 2 N–H and O–H groups in total. The minimum absolute atomic E-state index is 0.0118. The Kier molecular flexibility index (Phi) is 3.74. The van der Waals surface area contributed by atoms with Crippen LogP contribution in [0, 0.1) is 28.6 Å². The van der Waals surface area contributed by atoms with Crippen LogP contribution in [0.4, 0.5) is 0 Å². The summed E-state index contributed by atoms with van der Waals surface area (Å²) in [5, 5.41) is 21.7. The first kappa shape index (κ1) is 19.2. The average Bonchev–Trinajstić information content (AvgIpc) is 3.39. The van der Waals surface area contributed by atoms with Crippen LogP contribution >= 0.6 is 0 Å². The van der Waals surface area contributed by atoms with Crippen molar-refractivity contribution in [1.29, 1.82) is 0 Å². The number of aliphatic hydroxyl groups is 2. The van der Waals surface area contributed by atoms with Gasteiger partial charge in [0.1, 0.15) is 11.7 Å². The van der Waals surface area contributed by atoms with E-state index in [1.165, 1.54) is 12.3 Å². The summed E-state index contributed by atoms with van der Waals surface area (Å²) >= 11 is 0. The van der Waals surface area contributed by atoms with Gasteiger partial charge in [0.05, 0.1) is 23.9 Å². The summed E-state index contributed by atoms with van der Waals surface area (Å²) in [5.74, 6) is 0.109. The van der Waals surface area contributed by atoms with E-state index in [9.17, 15) is 19.8 Å². The molecule has 4 saturated carbocycles. The zero-order chi connectivity index (χ0) is 21.1. The summed E-state index contributed by atoms with van der Waals surface area (Å²) in [6.45, 7) is 4.20. The van der Waals surface area contributed by atoms with Gasteiger partial charge in [0.15, 0.2) is 5.78 Å². The number of carbonyl (C=O) groups is 1. The lowest BCUT2D eigenvalue weighted by Gasteiger charge is -2.61. The molecule has 0 bridgehead atoms. The molecule has 5 fully saturated rings. The number of fused-ring (bicyclic) bond motifs is 3. The van der Waals surface area contributed by atoms with Crippen LogP contribution in [0.5, 0.6) is 0 Å². The number of hydrogen-bond donors (Lipinski definition) is 2. The molecule has 0 radical (unpaired) electrons. The number of hydrogen-bond acceptors (Lipinski definition) is 6. The van der Waals surface area contributed by atoms with Crippen molar-refractivity contribution in [3.05, 3.63) is 34.4 Å². The van der Waals surface area contributed by atoms with Crippen molar-refractivity contribution in [3.63, 3.8) is 0 Å². The van der Waals surface area contributed by atoms with Crippen LogP contribution in [-0.2, 0) is 9.53 Å². The lowest BCUT2D eigenvalue weighted by molar-refractivity contribution is -0.191. The fourth-order valence-corrected chi connectivity index (χ4v) is 8.55. The summed E-state index contributed by atoms with van der Waals surface area (Å²) in [6.07, 6.45) is 5.18. The molecule has 0 amide bonds. The zero-order valence-electron chi connectivity index (χ0n) is 17.5. The van der Waals surface area contributed by atoms with Crippen LogP contribution in [0.1, 0.15) is 63.9 Å². The van der Waals surface area contributed by atoms with E-state index in [1.807, 2.05) is 6.92 Å². The first-order chi connectivity index (χ1) is 14.2. The maximum Gasteiger partial charge on any atom is 0.335 e. The van der Waals surface area contributed by atoms with Gasteiger partial charge in [0.25, 0.3) is 0 Å². The SMILES string of the molecule is C[C@]12CC[C@@H](O)C[C@@H]1CC[C@@H]1[C@@H]2[C@H](O)C(=O)[C@]2(C)[C@@H](c3ccc(=O)oc3)C[C@H]3O[C@]132. The van der Waals surface area contributed by atoms with Gasteiger partial charge >= 0.3 is 5.63 Å². The average molecular weight is 414 g/mol. The van der Waals surface area contributed by atoms with Crippen molar-refractivity contribution in [2.45, 2.75) is 82.2 Å². The lowest BCUT2D eigenvalue weighted by Crippen LogP contribution is -2.67. The highest BCUT2D eigenvalue weighted by Gasteiger charge is 2.84. The number of epoxide rings is 1. The van der Waals surface area contributed by atoms with Gasteiger partial charge in [-0.05, 0) is 74.3 Å². The standard InChI is InChI=1S/C24H30O6/c1-22-8-7-14(25)9-13(22)4-5-15-19(22)20(27)21(28)23(2)16(10-17-24(15,23)30-17)12-3-6-18(26)29-11-12/h3,6,11,13-17,19-20,25,27H,4-5,7-10H2,1-2H3/t13-,14+,15+,16+,17+,19+,20-,22-,23-,24+/m0/s1. The summed E-state index contributed by atoms with van der Waals surface area (Å²) in [6, 6.07) is 3.16. The van der Waals surface area contributed by atoms with Crippen LogP contribution in [0.15, 0.2) is 27.6 Å². The second-order valence-corrected chi connectivity index (χ2v) is 10.9. The van der Waals surface area contributed by atoms with E-state index >= 15 is 0 Å². The third kappa shape index (κ3) is 2.06. The highest BCUT2D eigenvalue weighted by atomic mass is 16.6. The van der Waals surface area contributed by atoms with Crippen LogP contribution in [0.2, 0.25) is 0 Å². The van der Waals surface area contributed by atoms with E-state index in [-0.39, 0.29) is 41.2 Å². The molecule has 0 unspecified atom stereocenters. The van der Waals surface area contributed by atoms with Gasteiger partial charge in [0.2, 0.25) is 0 Å². The molecule has 6 heteroatoms. The van der Waals surface area contributed by atoms with Gasteiger partial charge in [0, 0.05) is 17.9 Å². The number of carbonyl (C=O) groups excluding carboxylic acids is 1. The molecule has 10 atom stereocenters. The van der Waals surface area contributed by atoms with Crippen molar-refractivity contribution >= 4 is 5.78 Å². The van der Waals surface area contributed by atoms with Crippen LogP contribution < -0.4 is 5.63 Å². The van der Waals surface area contributed by atoms with Crippen molar-refractivity contribution in [3.8, 4) is 0 Å². The highest BCUT2D eigenvalue weighted by molar-refractivity contribution is 5.94. The molecule has 6 nitrogen and oxygen atoms in total. The fraction of sp³-hybridized carbons (Fsp3) is 0.750. The predicted octanol–water partition coefficient (Wildman–Crippen LogP) is 2.41. The molecule has 1 aromatic heterocycles. The highest BCUT2D eigenvalue weighted by Crippen LogP contribution is 2.76. The monoisotopic (exact) mass is 414 g/mol. The number of ether oxygens (including phenoxy) is 1. The van der Waals surface area contributed by atoms with Gasteiger partial charge in [-0.15, -0.1) is 0 Å². The number of aliphatic hydroxyl groups excluding tert-OH is 2. The Hall–Kier alpha value is -1.50. The Labute approximate surface area is 175 Å². The van der Waals surface area contributed by atoms with Crippen LogP contribution in [-0.4, -0.2) is 39.9 Å². The number of Topliss-reactive ketones (excluding diaryl/α,β-unsaturated/α-hetero) is 1. The first-order valence-corrected chi connectivity index (χ1v) is 11.4. The van der Waals surface area contributed by atoms with Gasteiger partial charge in [-0.3, -0.25) is 4.79 Å². The Morgan fingerprint density at radius 2 is 1.87 bits per heavy atom. The molecule has 1 spiro atoms. The topological polar surface area (TPSA) is 100 Å². The molecule has 1 aliphatic heterocycles. The molecule has 4 aliphatic carbocycles. The van der Waals surface area contributed by atoms with E-state index in [0.717, 1.165) is 37.7 Å². The van der Waals surface area contributed by atoms with Crippen molar-refractivity contribution in [1.82, 2.24) is 0 Å². The van der Waals surface area contributed by atoms with Gasteiger partial charge in [-0.1, -0.05) is 6.92 Å². The molecule has 2 heterocycles. The van der Waals surface area contributed by atoms with E-state index in [0.29, 0.717) is 12.3 Å². The maximum atomic E-state index is 13.9. The van der Waals surface area contributed by atoms with Gasteiger partial charge in [-0.2, -0.15) is 0 Å². The Morgan fingerprint density at radius 1 is 1.07 bits per heavy atom. The smallest absolute Gasteiger partial charge is 0.335 e. The van der Waals surface area contributed by atoms with Crippen LogP contribution in [0.3, 0.4) is 0 Å².